The minimum atomic E-state index is -0.487. The number of halogens is 1. The molecule has 2 aromatic rings. The van der Waals surface area contributed by atoms with Crippen molar-refractivity contribution in [3.63, 3.8) is 0 Å². The quantitative estimate of drug-likeness (QED) is 0.375. The molecule has 196 valence electrons. The van der Waals surface area contributed by atoms with E-state index in [1.54, 1.807) is 17.5 Å². The van der Waals surface area contributed by atoms with E-state index in [9.17, 15) is 4.79 Å². The first-order valence-electron chi connectivity index (χ1n) is 12.6. The van der Waals surface area contributed by atoms with Crippen LogP contribution in [0, 0.1) is 5.92 Å². The van der Waals surface area contributed by atoms with Crippen LogP contribution in [-0.4, -0.2) is 47.5 Å². The SMILES string of the molecule is CC(C)(C)OC(=O)NC1CCC(=CNc2cc(-c3csc(NCC4CCOCC4)n3)c(Cl)cn2)CC1. The van der Waals surface area contributed by atoms with Gasteiger partial charge in [0, 0.05) is 49.1 Å². The van der Waals surface area contributed by atoms with E-state index in [-0.39, 0.29) is 12.1 Å². The smallest absolute Gasteiger partial charge is 0.407 e. The first kappa shape index (κ1) is 26.7. The van der Waals surface area contributed by atoms with Crippen LogP contribution in [0.5, 0.6) is 0 Å². The van der Waals surface area contributed by atoms with Crippen LogP contribution in [0.15, 0.2) is 29.4 Å². The van der Waals surface area contributed by atoms with E-state index in [4.69, 9.17) is 26.1 Å². The number of thiazole rings is 1. The highest BCUT2D eigenvalue weighted by Gasteiger charge is 2.22. The van der Waals surface area contributed by atoms with Gasteiger partial charge in [-0.3, -0.25) is 0 Å². The number of nitrogens with zero attached hydrogens (tertiary/aromatic N) is 2. The monoisotopic (exact) mass is 533 g/mol. The van der Waals surface area contributed by atoms with E-state index in [1.807, 2.05) is 38.4 Å². The van der Waals surface area contributed by atoms with E-state index >= 15 is 0 Å². The van der Waals surface area contributed by atoms with Gasteiger partial charge in [0.05, 0.1) is 10.7 Å². The normalized spacial score (nSPS) is 19.0. The molecule has 3 N–H and O–H groups in total. The lowest BCUT2D eigenvalue weighted by molar-refractivity contribution is 0.0496. The third-order valence-electron chi connectivity index (χ3n) is 6.29. The van der Waals surface area contributed by atoms with Crippen LogP contribution >= 0.6 is 22.9 Å². The number of nitrogens with one attached hydrogen (secondary N) is 3. The number of carbonyl (C=O) groups excluding carboxylic acids is 1. The maximum atomic E-state index is 12.0. The number of carbonyl (C=O) groups is 1. The summed E-state index contributed by atoms with van der Waals surface area (Å²) >= 11 is 8.05. The summed E-state index contributed by atoms with van der Waals surface area (Å²) in [7, 11) is 0. The fourth-order valence-electron chi connectivity index (χ4n) is 4.30. The molecule has 1 amide bonds. The molecule has 36 heavy (non-hydrogen) atoms. The van der Waals surface area contributed by atoms with Gasteiger partial charge in [0.1, 0.15) is 11.4 Å². The van der Waals surface area contributed by atoms with Crippen LogP contribution in [0.1, 0.15) is 59.3 Å². The van der Waals surface area contributed by atoms with Crippen molar-refractivity contribution < 1.29 is 14.3 Å². The summed E-state index contributed by atoms with van der Waals surface area (Å²) in [6, 6.07) is 2.07. The Bertz CT molecular complexity index is 1050. The van der Waals surface area contributed by atoms with Crippen molar-refractivity contribution in [1.82, 2.24) is 15.3 Å². The second-order valence-corrected chi connectivity index (χ2v) is 11.7. The first-order chi connectivity index (χ1) is 17.2. The molecule has 0 unspecified atom stereocenters. The minimum Gasteiger partial charge on any atom is -0.444 e. The van der Waals surface area contributed by atoms with Crippen molar-refractivity contribution in [2.24, 2.45) is 5.92 Å². The summed E-state index contributed by atoms with van der Waals surface area (Å²) in [6.07, 6.45) is 9.09. The van der Waals surface area contributed by atoms with Gasteiger partial charge < -0.3 is 25.4 Å². The van der Waals surface area contributed by atoms with Gasteiger partial charge in [-0.2, -0.15) is 0 Å². The zero-order valence-electron chi connectivity index (χ0n) is 21.2. The van der Waals surface area contributed by atoms with Gasteiger partial charge in [-0.05, 0) is 71.3 Å². The van der Waals surface area contributed by atoms with E-state index in [0.29, 0.717) is 10.9 Å². The average Bonchev–Trinajstić information content (AvgIpc) is 3.31. The second-order valence-electron chi connectivity index (χ2n) is 10.4. The number of aromatic nitrogens is 2. The van der Waals surface area contributed by atoms with Crippen LogP contribution < -0.4 is 16.0 Å². The Balaban J connectivity index is 1.29. The van der Waals surface area contributed by atoms with Gasteiger partial charge in [0.25, 0.3) is 0 Å². The highest BCUT2D eigenvalue weighted by molar-refractivity contribution is 7.14. The molecule has 2 fully saturated rings. The van der Waals surface area contributed by atoms with Gasteiger partial charge in [-0.1, -0.05) is 17.2 Å². The molecular weight excluding hydrogens is 498 g/mol. The van der Waals surface area contributed by atoms with E-state index in [1.165, 1.54) is 5.57 Å². The number of anilines is 2. The predicted octanol–water partition coefficient (Wildman–Crippen LogP) is 6.46. The Labute approximate surface area is 222 Å². The number of alkyl carbamates (subject to hydrolysis) is 1. The van der Waals surface area contributed by atoms with Crippen molar-refractivity contribution >= 4 is 40.0 Å². The summed E-state index contributed by atoms with van der Waals surface area (Å²) in [5.74, 6) is 1.35. The lowest BCUT2D eigenvalue weighted by Crippen LogP contribution is -2.40. The van der Waals surface area contributed by atoms with Gasteiger partial charge in [-0.25, -0.2) is 14.8 Å². The van der Waals surface area contributed by atoms with Crippen LogP contribution in [-0.2, 0) is 9.47 Å². The molecular formula is C26H36ClN5O3S. The molecule has 2 aliphatic rings. The zero-order valence-corrected chi connectivity index (χ0v) is 22.8. The molecule has 1 aliphatic heterocycles. The van der Waals surface area contributed by atoms with E-state index in [0.717, 1.165) is 80.5 Å². The molecule has 4 rings (SSSR count). The third kappa shape index (κ3) is 8.08. The zero-order chi connectivity index (χ0) is 25.5. The Morgan fingerprint density at radius 2 is 2.00 bits per heavy atom. The molecule has 8 nitrogen and oxygen atoms in total. The molecule has 0 spiro atoms. The van der Waals surface area contributed by atoms with E-state index in [2.05, 4.69) is 20.9 Å². The van der Waals surface area contributed by atoms with Gasteiger partial charge in [0.2, 0.25) is 0 Å². The average molecular weight is 534 g/mol. The van der Waals surface area contributed by atoms with Crippen molar-refractivity contribution in [2.45, 2.75) is 70.9 Å². The van der Waals surface area contributed by atoms with E-state index < -0.39 is 5.60 Å². The number of ether oxygens (including phenoxy) is 2. The van der Waals surface area contributed by atoms with Crippen molar-refractivity contribution in [3.8, 4) is 11.3 Å². The molecule has 1 saturated carbocycles. The van der Waals surface area contributed by atoms with Crippen LogP contribution in [0.2, 0.25) is 5.02 Å². The molecule has 1 saturated heterocycles. The molecule has 0 atom stereocenters. The number of pyridine rings is 1. The summed E-state index contributed by atoms with van der Waals surface area (Å²) in [4.78, 5) is 21.2. The fourth-order valence-corrected chi connectivity index (χ4v) is 5.22. The molecule has 3 heterocycles. The predicted molar refractivity (Wildman–Crippen MR) is 146 cm³/mol. The topological polar surface area (TPSA) is 97.4 Å². The van der Waals surface area contributed by atoms with Crippen LogP contribution in [0.3, 0.4) is 0 Å². The first-order valence-corrected chi connectivity index (χ1v) is 13.9. The Morgan fingerprint density at radius 1 is 1.25 bits per heavy atom. The number of hydrogen-bond acceptors (Lipinski definition) is 8. The molecule has 10 heteroatoms. The maximum absolute atomic E-state index is 12.0. The minimum absolute atomic E-state index is 0.135. The number of amides is 1. The summed E-state index contributed by atoms with van der Waals surface area (Å²) in [5.41, 5.74) is 2.50. The van der Waals surface area contributed by atoms with Crippen molar-refractivity contribution in [3.05, 3.63) is 34.4 Å². The van der Waals surface area contributed by atoms with Gasteiger partial charge in [0.15, 0.2) is 5.13 Å². The highest BCUT2D eigenvalue weighted by atomic mass is 35.5. The van der Waals surface area contributed by atoms with Crippen molar-refractivity contribution in [2.75, 3.05) is 30.4 Å². The molecule has 2 aromatic heterocycles. The van der Waals surface area contributed by atoms with Crippen LogP contribution in [0.25, 0.3) is 11.3 Å². The number of hydrogen-bond donors (Lipinski definition) is 3. The Kier molecular flexibility index (Phi) is 9.09. The second kappa shape index (κ2) is 12.3. The third-order valence-corrected chi connectivity index (χ3v) is 7.39. The largest absolute Gasteiger partial charge is 0.444 e. The molecule has 0 radical (unpaired) electrons. The molecule has 0 aromatic carbocycles. The molecule has 0 bridgehead atoms. The molecule has 1 aliphatic carbocycles. The van der Waals surface area contributed by atoms with Crippen LogP contribution in [0.4, 0.5) is 15.7 Å². The number of rotatable bonds is 7. The standard InChI is InChI=1S/C26H36ClN5O3S/c1-26(2,3)35-25(33)31-19-6-4-17(5-7-19)13-28-23-12-20(21(27)15-29-23)22-16-36-24(32-22)30-14-18-8-10-34-11-9-18/h12-13,15-16,18-19H,4-11,14H2,1-3H3,(H,28,29)(H,30,32)(H,31,33). The van der Waals surface area contributed by atoms with Gasteiger partial charge >= 0.3 is 6.09 Å². The van der Waals surface area contributed by atoms with Gasteiger partial charge in [-0.15, -0.1) is 11.3 Å². The Hall–Kier alpha value is -2.36. The lowest BCUT2D eigenvalue weighted by atomic mass is 9.91. The fraction of sp³-hybridized carbons (Fsp3) is 0.577. The number of allylic oxidation sites excluding steroid dienone is 1. The van der Waals surface area contributed by atoms with Crippen molar-refractivity contribution in [1.29, 1.82) is 0 Å². The Morgan fingerprint density at radius 3 is 2.72 bits per heavy atom. The maximum Gasteiger partial charge on any atom is 0.407 e. The highest BCUT2D eigenvalue weighted by Crippen LogP contribution is 2.32. The lowest BCUT2D eigenvalue weighted by Gasteiger charge is -2.27. The summed E-state index contributed by atoms with van der Waals surface area (Å²) < 4.78 is 10.8. The summed E-state index contributed by atoms with van der Waals surface area (Å²) in [5, 5.41) is 13.3. The summed E-state index contributed by atoms with van der Waals surface area (Å²) in [6.45, 7) is 8.21.